The first-order valence-corrected chi connectivity index (χ1v) is 5.60. The molecule has 0 aromatic heterocycles. The van der Waals surface area contributed by atoms with Crippen LogP contribution in [0.1, 0.15) is 15.9 Å². The molecule has 1 amide bonds. The Morgan fingerprint density at radius 2 is 1.89 bits per heavy atom. The van der Waals surface area contributed by atoms with Crippen molar-refractivity contribution in [2.45, 2.75) is 6.92 Å². The van der Waals surface area contributed by atoms with Gasteiger partial charge in [-0.3, -0.25) is 4.79 Å². The molecule has 0 saturated carbocycles. The van der Waals surface area contributed by atoms with Gasteiger partial charge in [-0.1, -0.05) is 0 Å². The van der Waals surface area contributed by atoms with Crippen LogP contribution in [-0.4, -0.2) is 5.91 Å². The maximum absolute atomic E-state index is 13.5. The van der Waals surface area contributed by atoms with Crippen molar-refractivity contribution in [1.29, 1.82) is 0 Å². The largest absolute Gasteiger partial charge is 0.399 e. The van der Waals surface area contributed by atoms with Gasteiger partial charge in [-0.2, -0.15) is 0 Å². The zero-order chi connectivity index (χ0) is 14.0. The number of hydrogen-bond acceptors (Lipinski definition) is 2. The summed E-state index contributed by atoms with van der Waals surface area (Å²) in [5, 5.41) is 2.41. The van der Waals surface area contributed by atoms with Crippen LogP contribution in [0.15, 0.2) is 36.4 Å². The van der Waals surface area contributed by atoms with Gasteiger partial charge in [-0.05, 0) is 48.9 Å². The first-order chi connectivity index (χ1) is 8.97. The third-order valence-corrected chi connectivity index (χ3v) is 2.67. The minimum Gasteiger partial charge on any atom is -0.399 e. The van der Waals surface area contributed by atoms with E-state index in [0.29, 0.717) is 11.3 Å². The molecule has 19 heavy (non-hydrogen) atoms. The number of amides is 1. The molecular weight excluding hydrogens is 250 g/mol. The number of nitrogens with two attached hydrogens (primary N) is 1. The highest BCUT2D eigenvalue weighted by Gasteiger charge is 2.12. The van der Waals surface area contributed by atoms with Gasteiger partial charge >= 0.3 is 0 Å². The molecule has 0 saturated heterocycles. The highest BCUT2D eigenvalue weighted by atomic mass is 19.1. The van der Waals surface area contributed by atoms with Crippen molar-refractivity contribution in [1.82, 2.24) is 0 Å². The molecule has 0 atom stereocenters. The molecule has 0 heterocycles. The topological polar surface area (TPSA) is 55.1 Å². The molecule has 3 N–H and O–H groups in total. The third-order valence-electron chi connectivity index (χ3n) is 2.67. The zero-order valence-corrected chi connectivity index (χ0v) is 10.2. The fourth-order valence-corrected chi connectivity index (χ4v) is 1.71. The number of rotatable bonds is 2. The Balaban J connectivity index is 2.28. The molecular formula is C14H12F2N2O. The van der Waals surface area contributed by atoms with Crippen LogP contribution in [-0.2, 0) is 0 Å². The molecule has 2 aromatic rings. The summed E-state index contributed by atoms with van der Waals surface area (Å²) in [6.45, 7) is 1.60. The van der Waals surface area contributed by atoms with Gasteiger partial charge in [-0.25, -0.2) is 8.78 Å². The minimum absolute atomic E-state index is 0.00581. The molecule has 0 aliphatic carbocycles. The molecule has 0 spiro atoms. The van der Waals surface area contributed by atoms with Crippen molar-refractivity contribution in [3.8, 4) is 0 Å². The van der Waals surface area contributed by atoms with Crippen LogP contribution in [0.25, 0.3) is 0 Å². The van der Waals surface area contributed by atoms with E-state index < -0.39 is 17.5 Å². The second kappa shape index (κ2) is 5.06. The first kappa shape index (κ1) is 13.0. The van der Waals surface area contributed by atoms with Crippen molar-refractivity contribution in [3.05, 3.63) is 59.2 Å². The van der Waals surface area contributed by atoms with Gasteiger partial charge in [0.15, 0.2) is 0 Å². The molecule has 2 aromatic carbocycles. The number of anilines is 2. The predicted molar refractivity (Wildman–Crippen MR) is 69.9 cm³/mol. The summed E-state index contributed by atoms with van der Waals surface area (Å²) in [5.74, 6) is -1.52. The molecule has 0 radical (unpaired) electrons. The van der Waals surface area contributed by atoms with Gasteiger partial charge in [-0.15, -0.1) is 0 Å². The van der Waals surface area contributed by atoms with Crippen molar-refractivity contribution in [2.75, 3.05) is 11.1 Å². The number of carbonyl (C=O) groups excluding carboxylic acids is 1. The molecule has 0 aliphatic heterocycles. The number of aryl methyl sites for hydroxylation is 1. The second-order valence-corrected chi connectivity index (χ2v) is 4.15. The lowest BCUT2D eigenvalue weighted by atomic mass is 10.1. The van der Waals surface area contributed by atoms with Crippen molar-refractivity contribution >= 4 is 17.3 Å². The van der Waals surface area contributed by atoms with Gasteiger partial charge in [0, 0.05) is 11.3 Å². The van der Waals surface area contributed by atoms with Crippen LogP contribution >= 0.6 is 0 Å². The monoisotopic (exact) mass is 262 g/mol. The van der Waals surface area contributed by atoms with E-state index in [9.17, 15) is 13.6 Å². The normalized spacial score (nSPS) is 10.3. The van der Waals surface area contributed by atoms with Crippen LogP contribution in [0.5, 0.6) is 0 Å². The maximum Gasteiger partial charge on any atom is 0.256 e. The summed E-state index contributed by atoms with van der Waals surface area (Å²) in [4.78, 5) is 12.0. The summed E-state index contributed by atoms with van der Waals surface area (Å²) >= 11 is 0. The van der Waals surface area contributed by atoms with E-state index in [-0.39, 0.29) is 11.3 Å². The summed E-state index contributed by atoms with van der Waals surface area (Å²) < 4.78 is 26.4. The molecule has 0 aliphatic rings. The lowest BCUT2D eigenvalue weighted by molar-refractivity contribution is 0.102. The Bertz CT molecular complexity index is 641. The Morgan fingerprint density at radius 1 is 1.16 bits per heavy atom. The zero-order valence-electron chi connectivity index (χ0n) is 10.2. The smallest absolute Gasteiger partial charge is 0.256 e. The van der Waals surface area contributed by atoms with Crippen LogP contribution in [0.2, 0.25) is 0 Å². The van der Waals surface area contributed by atoms with Crippen molar-refractivity contribution < 1.29 is 13.6 Å². The van der Waals surface area contributed by atoms with Crippen molar-refractivity contribution in [2.24, 2.45) is 0 Å². The number of nitrogens with one attached hydrogen (secondary N) is 1. The summed E-state index contributed by atoms with van der Waals surface area (Å²) in [6, 6.07) is 7.66. The Labute approximate surface area is 109 Å². The quantitative estimate of drug-likeness (QED) is 0.817. The van der Waals surface area contributed by atoms with E-state index in [1.807, 2.05) is 0 Å². The molecule has 0 bridgehead atoms. The molecule has 2 rings (SSSR count). The fourth-order valence-electron chi connectivity index (χ4n) is 1.71. The highest BCUT2D eigenvalue weighted by molar-refractivity contribution is 6.05. The van der Waals surface area contributed by atoms with Crippen LogP contribution < -0.4 is 11.1 Å². The predicted octanol–water partition coefficient (Wildman–Crippen LogP) is 3.11. The Morgan fingerprint density at radius 3 is 2.58 bits per heavy atom. The van der Waals surface area contributed by atoms with E-state index in [1.165, 1.54) is 36.4 Å². The number of nitrogen functional groups attached to an aromatic ring is 1. The van der Waals surface area contributed by atoms with Gasteiger partial charge in [0.1, 0.15) is 11.6 Å². The van der Waals surface area contributed by atoms with Gasteiger partial charge in [0.25, 0.3) is 5.91 Å². The van der Waals surface area contributed by atoms with E-state index in [4.69, 9.17) is 5.73 Å². The summed E-state index contributed by atoms with van der Waals surface area (Å²) in [6.07, 6.45) is 0. The Hall–Kier alpha value is -2.43. The van der Waals surface area contributed by atoms with E-state index in [2.05, 4.69) is 5.32 Å². The number of hydrogen-bond donors (Lipinski definition) is 2. The maximum atomic E-state index is 13.5. The second-order valence-electron chi connectivity index (χ2n) is 4.15. The molecule has 0 unspecified atom stereocenters. The van der Waals surface area contributed by atoms with E-state index in [0.717, 1.165) is 0 Å². The lowest BCUT2D eigenvalue weighted by Crippen LogP contribution is -2.14. The molecule has 98 valence electrons. The standard InChI is InChI=1S/C14H12F2N2O/c1-8-6-9(15)2-4-11(8)14(19)18-13-7-10(17)3-5-12(13)16/h2-7H,17H2,1H3,(H,18,19). The van der Waals surface area contributed by atoms with Gasteiger partial charge in [0.05, 0.1) is 5.69 Å². The Kier molecular flexibility index (Phi) is 3.46. The van der Waals surface area contributed by atoms with Crippen molar-refractivity contribution in [3.63, 3.8) is 0 Å². The van der Waals surface area contributed by atoms with Crippen LogP contribution in [0.4, 0.5) is 20.2 Å². The van der Waals surface area contributed by atoms with Gasteiger partial charge < -0.3 is 11.1 Å². The minimum atomic E-state index is -0.581. The SMILES string of the molecule is Cc1cc(F)ccc1C(=O)Nc1cc(N)ccc1F. The number of halogens is 2. The third kappa shape index (κ3) is 2.88. The average Bonchev–Trinajstić information content (AvgIpc) is 2.33. The summed E-state index contributed by atoms with van der Waals surface area (Å²) in [5.41, 5.74) is 6.61. The van der Waals surface area contributed by atoms with Gasteiger partial charge in [0.2, 0.25) is 0 Å². The van der Waals surface area contributed by atoms with E-state index in [1.54, 1.807) is 6.92 Å². The molecule has 5 heteroatoms. The fraction of sp³-hybridized carbons (Fsp3) is 0.0714. The van der Waals surface area contributed by atoms with Crippen LogP contribution in [0.3, 0.4) is 0 Å². The highest BCUT2D eigenvalue weighted by Crippen LogP contribution is 2.19. The van der Waals surface area contributed by atoms with E-state index >= 15 is 0 Å². The average molecular weight is 262 g/mol. The molecule has 0 fully saturated rings. The lowest BCUT2D eigenvalue weighted by Gasteiger charge is -2.09. The molecule has 3 nitrogen and oxygen atoms in total. The first-order valence-electron chi connectivity index (χ1n) is 5.60. The summed E-state index contributed by atoms with van der Waals surface area (Å²) in [7, 11) is 0. The number of carbonyl (C=O) groups is 1. The number of benzene rings is 2. The van der Waals surface area contributed by atoms with Crippen LogP contribution in [0, 0.1) is 18.6 Å².